The molecule has 0 spiro atoms. The smallest absolute Gasteiger partial charge is 0.246 e. The molecule has 1 amide bonds. The number of amides is 1. The van der Waals surface area contributed by atoms with Crippen LogP contribution in [0, 0.1) is 12.3 Å². The normalized spacial score (nSPS) is 14.5. The van der Waals surface area contributed by atoms with Crippen molar-refractivity contribution in [1.29, 1.82) is 0 Å². The summed E-state index contributed by atoms with van der Waals surface area (Å²) >= 11 is 0. The summed E-state index contributed by atoms with van der Waals surface area (Å²) in [6.45, 7) is 0.00315. The first-order valence-electron chi connectivity index (χ1n) is 6.49. The fourth-order valence-corrected chi connectivity index (χ4v) is 1.80. The molecular formula is C15H18N4O. The van der Waals surface area contributed by atoms with E-state index >= 15 is 0 Å². The number of hydrogen-bond donors (Lipinski definition) is 2. The average Bonchev–Trinajstić information content (AvgIpc) is 3.28. The van der Waals surface area contributed by atoms with E-state index in [1.165, 1.54) is 0 Å². The van der Waals surface area contributed by atoms with Crippen LogP contribution in [0.2, 0.25) is 0 Å². The molecule has 0 unspecified atom stereocenters. The van der Waals surface area contributed by atoms with Gasteiger partial charge < -0.3 is 16.0 Å². The third kappa shape index (κ3) is 3.75. The molecule has 1 fully saturated rings. The van der Waals surface area contributed by atoms with E-state index < -0.39 is 0 Å². The maximum atomic E-state index is 11.8. The fraction of sp³-hybridized carbons (Fsp3) is 0.333. The monoisotopic (exact) mass is 270 g/mol. The molecule has 0 bridgehead atoms. The summed E-state index contributed by atoms with van der Waals surface area (Å²) in [7, 11) is 1.89. The molecule has 0 heterocycles. The molecule has 0 radical (unpaired) electrons. The van der Waals surface area contributed by atoms with Crippen molar-refractivity contribution >= 4 is 17.6 Å². The first-order valence-corrected chi connectivity index (χ1v) is 6.49. The Bertz CT molecular complexity index is 569. The van der Waals surface area contributed by atoms with Crippen molar-refractivity contribution in [3.63, 3.8) is 0 Å². The van der Waals surface area contributed by atoms with Gasteiger partial charge in [0.2, 0.25) is 5.91 Å². The maximum Gasteiger partial charge on any atom is 0.246 e. The predicted octanol–water partition coefficient (Wildman–Crippen LogP) is 1.02. The van der Waals surface area contributed by atoms with Crippen LogP contribution >= 0.6 is 0 Å². The first kappa shape index (κ1) is 13.9. The molecule has 1 aliphatic carbocycles. The van der Waals surface area contributed by atoms with Gasteiger partial charge in [0.1, 0.15) is 6.54 Å². The molecular weight excluding hydrogens is 252 g/mol. The molecule has 0 aromatic heterocycles. The molecule has 0 aliphatic heterocycles. The second-order valence-electron chi connectivity index (χ2n) is 4.79. The molecule has 5 heteroatoms. The van der Waals surface area contributed by atoms with E-state index in [9.17, 15) is 4.79 Å². The molecule has 1 saturated carbocycles. The Morgan fingerprint density at radius 3 is 3.00 bits per heavy atom. The van der Waals surface area contributed by atoms with Gasteiger partial charge >= 0.3 is 0 Å². The van der Waals surface area contributed by atoms with E-state index in [0.29, 0.717) is 17.7 Å². The van der Waals surface area contributed by atoms with Crippen LogP contribution in [-0.2, 0) is 4.79 Å². The fourth-order valence-electron chi connectivity index (χ4n) is 1.80. The lowest BCUT2D eigenvalue weighted by atomic mass is 10.2. The standard InChI is InChI=1S/C15H18N4O/c1-3-11-5-4-6-12(9-11)18-14(20)10-17-15(16)19(2)13-7-8-13/h1,4-6,9,13H,7-8,10H2,2H3,(H2,16,17)(H,18,20). The molecule has 1 aliphatic rings. The lowest BCUT2D eigenvalue weighted by Crippen LogP contribution is -2.36. The Morgan fingerprint density at radius 1 is 1.60 bits per heavy atom. The highest BCUT2D eigenvalue weighted by atomic mass is 16.1. The summed E-state index contributed by atoms with van der Waals surface area (Å²) in [5.41, 5.74) is 7.20. The van der Waals surface area contributed by atoms with Crippen LogP contribution in [-0.4, -0.2) is 36.4 Å². The minimum absolute atomic E-state index is 0.00315. The van der Waals surface area contributed by atoms with Crippen LogP contribution in [0.25, 0.3) is 0 Å². The van der Waals surface area contributed by atoms with Crippen LogP contribution in [0.1, 0.15) is 18.4 Å². The maximum absolute atomic E-state index is 11.8. The third-order valence-electron chi connectivity index (χ3n) is 3.15. The molecule has 1 aromatic carbocycles. The topological polar surface area (TPSA) is 70.7 Å². The molecule has 0 atom stereocenters. The second-order valence-corrected chi connectivity index (χ2v) is 4.79. The minimum Gasteiger partial charge on any atom is -0.370 e. The quantitative estimate of drug-likeness (QED) is 0.487. The number of anilines is 1. The predicted molar refractivity (Wildman–Crippen MR) is 80.3 cm³/mol. The Morgan fingerprint density at radius 2 is 2.35 bits per heavy atom. The van der Waals surface area contributed by atoms with Crippen molar-refractivity contribution in [2.75, 3.05) is 18.9 Å². The second kappa shape index (κ2) is 6.11. The van der Waals surface area contributed by atoms with Gasteiger partial charge in [0, 0.05) is 24.3 Å². The van der Waals surface area contributed by atoms with Crippen molar-refractivity contribution in [2.24, 2.45) is 10.7 Å². The van der Waals surface area contributed by atoms with Crippen molar-refractivity contribution in [2.45, 2.75) is 18.9 Å². The number of aliphatic imine (C=N–C) groups is 1. The van der Waals surface area contributed by atoms with Crippen molar-refractivity contribution in [3.8, 4) is 12.3 Å². The van der Waals surface area contributed by atoms with Crippen LogP contribution in [0.15, 0.2) is 29.3 Å². The van der Waals surface area contributed by atoms with Crippen LogP contribution in [0.5, 0.6) is 0 Å². The van der Waals surface area contributed by atoms with Gasteiger partial charge in [-0.15, -0.1) is 6.42 Å². The van der Waals surface area contributed by atoms with E-state index in [4.69, 9.17) is 12.2 Å². The molecule has 0 saturated heterocycles. The molecule has 2 rings (SSSR count). The summed E-state index contributed by atoms with van der Waals surface area (Å²) in [5.74, 6) is 2.71. The number of carbonyl (C=O) groups excluding carboxylic acids is 1. The first-order chi connectivity index (χ1) is 9.60. The molecule has 20 heavy (non-hydrogen) atoms. The SMILES string of the molecule is C#Cc1cccc(NC(=O)CN=C(N)N(C)C2CC2)c1. The minimum atomic E-state index is -0.216. The third-order valence-corrected chi connectivity index (χ3v) is 3.15. The number of nitrogens with one attached hydrogen (secondary N) is 1. The number of rotatable bonds is 4. The zero-order valence-electron chi connectivity index (χ0n) is 11.5. The zero-order chi connectivity index (χ0) is 14.5. The zero-order valence-corrected chi connectivity index (χ0v) is 11.5. The summed E-state index contributed by atoms with van der Waals surface area (Å²) in [5, 5.41) is 2.74. The average molecular weight is 270 g/mol. The number of terminal acetylenes is 1. The van der Waals surface area contributed by atoms with Crippen LogP contribution in [0.4, 0.5) is 5.69 Å². The van der Waals surface area contributed by atoms with Gasteiger partial charge in [0.05, 0.1) is 0 Å². The van der Waals surface area contributed by atoms with Crippen molar-refractivity contribution in [3.05, 3.63) is 29.8 Å². The van der Waals surface area contributed by atoms with Crippen molar-refractivity contribution in [1.82, 2.24) is 4.90 Å². The number of nitrogens with two attached hydrogens (primary N) is 1. The van der Waals surface area contributed by atoms with Gasteiger partial charge in [-0.3, -0.25) is 4.79 Å². The number of hydrogen-bond acceptors (Lipinski definition) is 2. The van der Waals surface area contributed by atoms with Crippen LogP contribution < -0.4 is 11.1 Å². The number of guanidine groups is 1. The molecule has 1 aromatic rings. The number of nitrogens with zero attached hydrogens (tertiary/aromatic N) is 2. The summed E-state index contributed by atoms with van der Waals surface area (Å²) in [4.78, 5) is 17.8. The number of benzene rings is 1. The Labute approximate surface area is 118 Å². The summed E-state index contributed by atoms with van der Waals surface area (Å²) in [6.07, 6.45) is 7.58. The van der Waals surface area contributed by atoms with E-state index in [-0.39, 0.29) is 12.5 Å². The van der Waals surface area contributed by atoms with Gasteiger partial charge in [0.25, 0.3) is 0 Å². The van der Waals surface area contributed by atoms with E-state index in [0.717, 1.165) is 18.4 Å². The van der Waals surface area contributed by atoms with Crippen molar-refractivity contribution < 1.29 is 4.79 Å². The number of carbonyl (C=O) groups is 1. The lowest BCUT2D eigenvalue weighted by Gasteiger charge is -2.16. The van der Waals surface area contributed by atoms with Crippen LogP contribution in [0.3, 0.4) is 0 Å². The highest BCUT2D eigenvalue weighted by molar-refractivity contribution is 5.94. The van der Waals surface area contributed by atoms with Gasteiger partial charge in [-0.1, -0.05) is 12.0 Å². The Hall–Kier alpha value is -2.48. The molecule has 5 nitrogen and oxygen atoms in total. The molecule has 3 N–H and O–H groups in total. The van der Waals surface area contributed by atoms with Gasteiger partial charge in [-0.25, -0.2) is 4.99 Å². The Balaban J connectivity index is 1.88. The largest absolute Gasteiger partial charge is 0.370 e. The summed E-state index contributed by atoms with van der Waals surface area (Å²) in [6, 6.07) is 7.59. The van der Waals surface area contributed by atoms with E-state index in [1.807, 2.05) is 11.9 Å². The van der Waals surface area contributed by atoms with Gasteiger partial charge in [-0.05, 0) is 31.0 Å². The summed E-state index contributed by atoms with van der Waals surface area (Å²) < 4.78 is 0. The van der Waals surface area contributed by atoms with E-state index in [2.05, 4.69) is 16.2 Å². The molecule has 104 valence electrons. The lowest BCUT2D eigenvalue weighted by molar-refractivity contribution is -0.114. The van der Waals surface area contributed by atoms with E-state index in [1.54, 1.807) is 24.3 Å². The van der Waals surface area contributed by atoms with Gasteiger partial charge in [0.15, 0.2) is 5.96 Å². The van der Waals surface area contributed by atoms with Gasteiger partial charge in [-0.2, -0.15) is 0 Å². The highest BCUT2D eigenvalue weighted by Gasteiger charge is 2.27. The Kier molecular flexibility index (Phi) is 4.26. The highest BCUT2D eigenvalue weighted by Crippen LogP contribution is 2.24.